The van der Waals surface area contributed by atoms with E-state index in [4.69, 9.17) is 10.2 Å². The highest BCUT2D eigenvalue weighted by atomic mass is 19.1. The van der Waals surface area contributed by atoms with Crippen molar-refractivity contribution in [3.63, 3.8) is 0 Å². The molecule has 2 heterocycles. The number of nitrogens with two attached hydrogens (primary N) is 1. The molecule has 4 nitrogen and oxygen atoms in total. The fraction of sp³-hybridized carbons (Fsp3) is 0.267. The van der Waals surface area contributed by atoms with Crippen LogP contribution in [0.1, 0.15) is 35.6 Å². The number of hydrogen-bond donors (Lipinski definition) is 2. The van der Waals surface area contributed by atoms with Gasteiger partial charge in [-0.15, -0.1) is 0 Å². The molecule has 0 amide bonds. The number of guanidine groups is 1. The number of hydrogen-bond acceptors (Lipinski definition) is 4. The van der Waals surface area contributed by atoms with E-state index in [9.17, 15) is 4.39 Å². The third-order valence-electron chi connectivity index (χ3n) is 3.44. The molecule has 0 fully saturated rings. The summed E-state index contributed by atoms with van der Waals surface area (Å²) in [6.45, 7) is 1.89. The molecule has 2 atom stereocenters. The predicted molar refractivity (Wildman–Crippen MR) is 74.7 cm³/mol. The number of aliphatic imine (C=N–C) groups is 1. The molecule has 2 unspecified atom stereocenters. The van der Waals surface area contributed by atoms with Crippen molar-refractivity contribution in [2.24, 2.45) is 10.7 Å². The Morgan fingerprint density at radius 1 is 1.30 bits per heavy atom. The van der Waals surface area contributed by atoms with Gasteiger partial charge in [-0.25, -0.2) is 9.38 Å². The number of aryl methyl sites for hydroxylation is 1. The average molecular weight is 273 g/mol. The lowest BCUT2D eigenvalue weighted by Gasteiger charge is -2.27. The van der Waals surface area contributed by atoms with Crippen molar-refractivity contribution < 1.29 is 8.81 Å². The van der Waals surface area contributed by atoms with Crippen LogP contribution in [0.2, 0.25) is 0 Å². The van der Waals surface area contributed by atoms with E-state index in [-0.39, 0.29) is 17.9 Å². The number of nitrogens with zero attached hydrogens (tertiary/aromatic N) is 1. The van der Waals surface area contributed by atoms with E-state index in [1.165, 1.54) is 6.07 Å². The maximum absolute atomic E-state index is 13.9. The summed E-state index contributed by atoms with van der Waals surface area (Å²) in [5.41, 5.74) is 6.38. The van der Waals surface area contributed by atoms with Crippen molar-refractivity contribution in [2.75, 3.05) is 0 Å². The Morgan fingerprint density at radius 3 is 2.80 bits per heavy atom. The molecule has 0 radical (unpaired) electrons. The van der Waals surface area contributed by atoms with Gasteiger partial charge < -0.3 is 15.5 Å². The van der Waals surface area contributed by atoms with Gasteiger partial charge >= 0.3 is 0 Å². The lowest BCUT2D eigenvalue weighted by Crippen LogP contribution is -2.39. The zero-order valence-electron chi connectivity index (χ0n) is 11.1. The molecule has 3 rings (SSSR count). The minimum Gasteiger partial charge on any atom is -0.464 e. The van der Waals surface area contributed by atoms with Crippen molar-refractivity contribution in [3.05, 3.63) is 59.3 Å². The number of furan rings is 1. The van der Waals surface area contributed by atoms with E-state index in [2.05, 4.69) is 10.3 Å². The maximum Gasteiger partial charge on any atom is 0.189 e. The van der Waals surface area contributed by atoms with Crippen LogP contribution >= 0.6 is 0 Å². The minimum atomic E-state index is -0.298. The monoisotopic (exact) mass is 273 g/mol. The van der Waals surface area contributed by atoms with Gasteiger partial charge in [0.1, 0.15) is 17.3 Å². The van der Waals surface area contributed by atoms with Gasteiger partial charge in [-0.2, -0.15) is 0 Å². The van der Waals surface area contributed by atoms with Gasteiger partial charge in [0, 0.05) is 12.0 Å². The first kappa shape index (κ1) is 12.7. The number of rotatable bonds is 2. The van der Waals surface area contributed by atoms with Gasteiger partial charge in [0.15, 0.2) is 5.96 Å². The summed E-state index contributed by atoms with van der Waals surface area (Å²) in [4.78, 5) is 4.30. The fourth-order valence-corrected chi connectivity index (χ4v) is 2.49. The lowest BCUT2D eigenvalue weighted by molar-refractivity contribution is 0.381. The smallest absolute Gasteiger partial charge is 0.189 e. The SMILES string of the molecule is Cc1ccc(C2CC(c3ccccc3F)N=C(N)N2)o1. The average Bonchev–Trinajstić information content (AvgIpc) is 2.85. The molecule has 2 aromatic rings. The molecule has 0 saturated carbocycles. The summed E-state index contributed by atoms with van der Waals surface area (Å²) in [5, 5.41) is 3.08. The summed E-state index contributed by atoms with van der Waals surface area (Å²) in [6.07, 6.45) is 0.606. The predicted octanol–water partition coefficient (Wildman–Crippen LogP) is 2.82. The summed E-state index contributed by atoms with van der Waals surface area (Å²) in [5.74, 6) is 1.68. The Bertz CT molecular complexity index is 650. The standard InChI is InChI=1S/C15H16FN3O/c1-9-6-7-14(20-9)13-8-12(18-15(17)19-13)10-4-2-3-5-11(10)16/h2-7,12-13H,8H2,1H3,(H3,17,18,19). The second kappa shape index (κ2) is 5.00. The van der Waals surface area contributed by atoms with E-state index >= 15 is 0 Å². The Hall–Kier alpha value is -2.30. The molecule has 20 heavy (non-hydrogen) atoms. The maximum atomic E-state index is 13.9. The minimum absolute atomic E-state index is 0.0918. The van der Waals surface area contributed by atoms with E-state index in [0.29, 0.717) is 17.9 Å². The van der Waals surface area contributed by atoms with Gasteiger partial charge in [0.2, 0.25) is 0 Å². The second-order valence-electron chi connectivity index (χ2n) is 4.93. The van der Waals surface area contributed by atoms with Crippen LogP contribution in [0.3, 0.4) is 0 Å². The highest BCUT2D eigenvalue weighted by Gasteiger charge is 2.27. The lowest BCUT2D eigenvalue weighted by atomic mass is 9.97. The molecule has 1 aliphatic rings. The summed E-state index contributed by atoms with van der Waals surface area (Å²) < 4.78 is 19.5. The normalized spacial score (nSPS) is 22.2. The molecular weight excluding hydrogens is 257 g/mol. The second-order valence-corrected chi connectivity index (χ2v) is 4.93. The van der Waals surface area contributed by atoms with Crippen LogP contribution in [0.25, 0.3) is 0 Å². The van der Waals surface area contributed by atoms with E-state index in [0.717, 1.165) is 11.5 Å². The molecule has 0 bridgehead atoms. The molecule has 1 aromatic carbocycles. The largest absolute Gasteiger partial charge is 0.464 e. The van der Waals surface area contributed by atoms with E-state index in [1.54, 1.807) is 18.2 Å². The Morgan fingerprint density at radius 2 is 2.10 bits per heavy atom. The summed E-state index contributed by atoms with van der Waals surface area (Å²) >= 11 is 0. The molecule has 104 valence electrons. The van der Waals surface area contributed by atoms with Crippen LogP contribution in [0, 0.1) is 12.7 Å². The van der Waals surface area contributed by atoms with Gasteiger partial charge in [-0.1, -0.05) is 18.2 Å². The van der Waals surface area contributed by atoms with Gasteiger partial charge in [0.25, 0.3) is 0 Å². The van der Waals surface area contributed by atoms with Crippen LogP contribution in [-0.2, 0) is 0 Å². The molecule has 0 saturated heterocycles. The summed E-state index contributed by atoms with van der Waals surface area (Å²) in [7, 11) is 0. The van der Waals surface area contributed by atoms with Crippen molar-refractivity contribution in [2.45, 2.75) is 25.4 Å². The van der Waals surface area contributed by atoms with Gasteiger partial charge in [0.05, 0.1) is 12.1 Å². The zero-order valence-corrected chi connectivity index (χ0v) is 11.1. The zero-order chi connectivity index (χ0) is 14.1. The van der Waals surface area contributed by atoms with Crippen LogP contribution < -0.4 is 11.1 Å². The van der Waals surface area contributed by atoms with E-state index in [1.807, 2.05) is 19.1 Å². The first-order chi connectivity index (χ1) is 9.63. The van der Waals surface area contributed by atoms with Crippen LogP contribution in [-0.4, -0.2) is 5.96 Å². The van der Waals surface area contributed by atoms with Gasteiger partial charge in [-0.3, -0.25) is 0 Å². The Balaban J connectivity index is 1.90. The number of halogens is 1. The molecule has 1 aromatic heterocycles. The summed E-state index contributed by atoms with van der Waals surface area (Å²) in [6, 6.07) is 10.1. The third-order valence-corrected chi connectivity index (χ3v) is 3.44. The van der Waals surface area contributed by atoms with Gasteiger partial charge in [-0.05, 0) is 25.1 Å². The Labute approximate surface area is 116 Å². The van der Waals surface area contributed by atoms with Crippen molar-refractivity contribution in [1.82, 2.24) is 5.32 Å². The van der Waals surface area contributed by atoms with Crippen LogP contribution in [0.15, 0.2) is 45.8 Å². The highest BCUT2D eigenvalue weighted by molar-refractivity contribution is 5.79. The molecular formula is C15H16FN3O. The number of benzene rings is 1. The van der Waals surface area contributed by atoms with Crippen LogP contribution in [0.4, 0.5) is 4.39 Å². The first-order valence-electron chi connectivity index (χ1n) is 6.54. The third kappa shape index (κ3) is 2.39. The van der Waals surface area contributed by atoms with E-state index < -0.39 is 0 Å². The fourth-order valence-electron chi connectivity index (χ4n) is 2.49. The highest BCUT2D eigenvalue weighted by Crippen LogP contribution is 2.33. The van der Waals surface area contributed by atoms with Crippen LogP contribution in [0.5, 0.6) is 0 Å². The topological polar surface area (TPSA) is 63.5 Å². The molecule has 5 heteroatoms. The quantitative estimate of drug-likeness (QED) is 0.884. The first-order valence-corrected chi connectivity index (χ1v) is 6.54. The van der Waals surface area contributed by atoms with Crippen molar-refractivity contribution in [1.29, 1.82) is 0 Å². The molecule has 0 spiro atoms. The Kier molecular flexibility index (Phi) is 3.18. The molecule has 0 aliphatic carbocycles. The van der Waals surface area contributed by atoms with Crippen molar-refractivity contribution >= 4 is 5.96 Å². The number of nitrogens with one attached hydrogen (secondary N) is 1. The molecule has 3 N–H and O–H groups in total. The molecule has 1 aliphatic heterocycles. The van der Waals surface area contributed by atoms with Crippen molar-refractivity contribution in [3.8, 4) is 0 Å².